The van der Waals surface area contributed by atoms with Crippen LogP contribution in [0.2, 0.25) is 0 Å². The minimum Gasteiger partial charge on any atom is -0.311 e. The Labute approximate surface area is 153 Å². The van der Waals surface area contributed by atoms with Gasteiger partial charge in [-0.2, -0.15) is 0 Å². The van der Waals surface area contributed by atoms with Crippen LogP contribution in [0.5, 0.6) is 0 Å². The van der Waals surface area contributed by atoms with Gasteiger partial charge in [-0.15, -0.1) is 11.3 Å². The van der Waals surface area contributed by atoms with Crippen LogP contribution in [0.3, 0.4) is 0 Å². The lowest BCUT2D eigenvalue weighted by Gasteiger charge is -2.16. The van der Waals surface area contributed by atoms with Crippen molar-refractivity contribution in [2.75, 3.05) is 11.9 Å². The van der Waals surface area contributed by atoms with E-state index in [1.54, 1.807) is 7.05 Å². The molecule has 0 unspecified atom stereocenters. The summed E-state index contributed by atoms with van der Waals surface area (Å²) < 4.78 is 1.51. The number of hydrogen-bond acceptors (Lipinski definition) is 4. The third-order valence-electron chi connectivity index (χ3n) is 4.19. The van der Waals surface area contributed by atoms with Gasteiger partial charge in [-0.05, 0) is 17.7 Å². The van der Waals surface area contributed by atoms with E-state index in [0.717, 1.165) is 16.9 Å². The molecule has 4 aromatic rings. The molecule has 6 heteroatoms. The third kappa shape index (κ3) is 2.70. The topological polar surface area (TPSA) is 54.7 Å². The number of carbonyl (C=O) groups is 1. The molecule has 0 atom stereocenters. The number of benzene rings is 2. The van der Waals surface area contributed by atoms with Crippen molar-refractivity contribution in [3.8, 4) is 11.3 Å². The molecule has 0 aliphatic rings. The van der Waals surface area contributed by atoms with Gasteiger partial charge in [-0.3, -0.25) is 14.0 Å². The summed E-state index contributed by atoms with van der Waals surface area (Å²) in [5, 5.41) is 1.88. The Hall–Kier alpha value is -3.25. The highest BCUT2D eigenvalue weighted by Gasteiger charge is 2.20. The van der Waals surface area contributed by atoms with E-state index in [1.807, 2.05) is 66.0 Å². The first-order valence-electron chi connectivity index (χ1n) is 8.04. The van der Waals surface area contributed by atoms with Gasteiger partial charge in [0.2, 0.25) is 0 Å². The molecule has 0 spiro atoms. The zero-order chi connectivity index (χ0) is 18.1. The van der Waals surface area contributed by atoms with Crippen molar-refractivity contribution in [1.29, 1.82) is 0 Å². The van der Waals surface area contributed by atoms with Crippen LogP contribution in [-0.2, 0) is 0 Å². The molecule has 0 aliphatic heterocycles. The number of carbonyl (C=O) groups excluding carboxylic acids is 1. The van der Waals surface area contributed by atoms with Crippen LogP contribution in [0.4, 0.5) is 5.69 Å². The van der Waals surface area contributed by atoms with Gasteiger partial charge in [0, 0.05) is 24.3 Å². The number of thiazole rings is 1. The van der Waals surface area contributed by atoms with E-state index in [2.05, 4.69) is 4.98 Å². The van der Waals surface area contributed by atoms with Gasteiger partial charge < -0.3 is 4.90 Å². The summed E-state index contributed by atoms with van der Waals surface area (Å²) in [7, 11) is 1.65. The maximum atomic E-state index is 13.0. The maximum Gasteiger partial charge on any atom is 0.271 e. The molecule has 1 amide bonds. The molecule has 0 bridgehead atoms. The van der Waals surface area contributed by atoms with E-state index in [0.29, 0.717) is 4.96 Å². The molecule has 0 aliphatic carbocycles. The van der Waals surface area contributed by atoms with Gasteiger partial charge in [0.15, 0.2) is 4.96 Å². The molecule has 0 fully saturated rings. The Bertz CT molecular complexity index is 1130. The van der Waals surface area contributed by atoms with Crippen LogP contribution in [-0.4, -0.2) is 22.3 Å². The average Bonchev–Trinajstić information content (AvgIpc) is 3.14. The fourth-order valence-corrected chi connectivity index (χ4v) is 3.66. The normalized spacial score (nSPS) is 10.8. The average molecular weight is 361 g/mol. The highest BCUT2D eigenvalue weighted by atomic mass is 32.1. The number of aromatic nitrogens is 2. The zero-order valence-electron chi connectivity index (χ0n) is 14.0. The van der Waals surface area contributed by atoms with Crippen molar-refractivity contribution in [3.05, 3.63) is 88.2 Å². The highest BCUT2D eigenvalue weighted by Crippen LogP contribution is 2.24. The van der Waals surface area contributed by atoms with Gasteiger partial charge in [-0.25, -0.2) is 4.98 Å². The summed E-state index contributed by atoms with van der Waals surface area (Å²) >= 11 is 1.38. The molecule has 0 N–H and O–H groups in total. The molecule has 2 aromatic carbocycles. The van der Waals surface area contributed by atoms with Crippen molar-refractivity contribution in [2.24, 2.45) is 0 Å². The lowest BCUT2D eigenvalue weighted by molar-refractivity contribution is 0.0991. The minimum absolute atomic E-state index is 0.0458. The molecule has 0 saturated carbocycles. The number of nitrogens with zero attached hydrogens (tertiary/aromatic N) is 3. The predicted molar refractivity (Wildman–Crippen MR) is 104 cm³/mol. The summed E-state index contributed by atoms with van der Waals surface area (Å²) in [6.45, 7) is 0. The van der Waals surface area contributed by atoms with Gasteiger partial charge in [0.1, 0.15) is 5.56 Å². The van der Waals surface area contributed by atoms with E-state index >= 15 is 0 Å². The largest absolute Gasteiger partial charge is 0.311 e. The van der Waals surface area contributed by atoms with Crippen molar-refractivity contribution in [2.45, 2.75) is 0 Å². The Balaban J connectivity index is 1.83. The van der Waals surface area contributed by atoms with E-state index in [4.69, 9.17) is 0 Å². The molecular weight excluding hydrogens is 346 g/mol. The van der Waals surface area contributed by atoms with Crippen molar-refractivity contribution >= 4 is 27.9 Å². The summed E-state index contributed by atoms with van der Waals surface area (Å²) in [5.41, 5.74) is 2.05. The van der Waals surface area contributed by atoms with Crippen molar-refractivity contribution < 1.29 is 4.79 Å². The summed E-state index contributed by atoms with van der Waals surface area (Å²) in [4.78, 5) is 32.2. The summed E-state index contributed by atoms with van der Waals surface area (Å²) in [6.07, 6.45) is 1.37. The standard InChI is InChI=1S/C20H15N3O2S/c1-22(15-10-6-3-7-11-15)18(24)16-12-21-20-23(19(16)25)17(13-26-20)14-8-4-2-5-9-14/h2-13H,1H3. The van der Waals surface area contributed by atoms with E-state index in [1.165, 1.54) is 26.8 Å². The first-order valence-corrected chi connectivity index (χ1v) is 8.92. The monoisotopic (exact) mass is 361 g/mol. The third-order valence-corrected chi connectivity index (χ3v) is 5.03. The predicted octanol–water partition coefficient (Wildman–Crippen LogP) is 3.70. The zero-order valence-corrected chi connectivity index (χ0v) is 14.8. The minimum atomic E-state index is -0.381. The molecule has 0 radical (unpaired) electrons. The molecule has 5 nitrogen and oxygen atoms in total. The quantitative estimate of drug-likeness (QED) is 0.559. The number of para-hydroxylation sites is 1. The second kappa shape index (κ2) is 6.57. The first kappa shape index (κ1) is 16.2. The molecule has 2 heterocycles. The number of rotatable bonds is 3. The van der Waals surface area contributed by atoms with Crippen LogP contribution in [0.15, 0.2) is 77.0 Å². The smallest absolute Gasteiger partial charge is 0.271 e. The second-order valence-electron chi connectivity index (χ2n) is 5.78. The Morgan fingerprint density at radius 3 is 2.38 bits per heavy atom. The van der Waals surface area contributed by atoms with Crippen molar-refractivity contribution in [3.63, 3.8) is 0 Å². The molecule has 4 rings (SSSR count). The van der Waals surface area contributed by atoms with E-state index < -0.39 is 0 Å². The van der Waals surface area contributed by atoms with Gasteiger partial charge >= 0.3 is 0 Å². The maximum absolute atomic E-state index is 13.0. The summed E-state index contributed by atoms with van der Waals surface area (Å²) in [5.74, 6) is -0.381. The van der Waals surface area contributed by atoms with Gasteiger partial charge in [0.05, 0.1) is 5.69 Å². The van der Waals surface area contributed by atoms with E-state index in [-0.39, 0.29) is 17.0 Å². The van der Waals surface area contributed by atoms with Gasteiger partial charge in [0.25, 0.3) is 11.5 Å². The van der Waals surface area contributed by atoms with Crippen molar-refractivity contribution in [1.82, 2.24) is 9.38 Å². The van der Waals surface area contributed by atoms with Crippen LogP contribution < -0.4 is 10.5 Å². The number of hydrogen-bond donors (Lipinski definition) is 0. The first-order chi connectivity index (χ1) is 12.7. The molecule has 2 aromatic heterocycles. The fourth-order valence-electron chi connectivity index (χ4n) is 2.80. The second-order valence-corrected chi connectivity index (χ2v) is 6.62. The van der Waals surface area contributed by atoms with Crippen LogP contribution in [0.1, 0.15) is 10.4 Å². The lowest BCUT2D eigenvalue weighted by Crippen LogP contribution is -2.33. The molecule has 128 valence electrons. The number of fused-ring (bicyclic) bond motifs is 1. The Kier molecular flexibility index (Phi) is 4.10. The van der Waals surface area contributed by atoms with Crippen LogP contribution in [0, 0.1) is 0 Å². The van der Waals surface area contributed by atoms with E-state index in [9.17, 15) is 9.59 Å². The van der Waals surface area contributed by atoms with Gasteiger partial charge in [-0.1, -0.05) is 48.5 Å². The fraction of sp³-hybridized carbons (Fsp3) is 0.0500. The Morgan fingerprint density at radius 2 is 1.69 bits per heavy atom. The number of amides is 1. The van der Waals surface area contributed by atoms with Crippen LogP contribution >= 0.6 is 11.3 Å². The molecule has 0 saturated heterocycles. The number of anilines is 1. The SMILES string of the molecule is CN(C(=O)c1cnc2scc(-c3ccccc3)n2c1=O)c1ccccc1. The Morgan fingerprint density at radius 1 is 1.04 bits per heavy atom. The highest BCUT2D eigenvalue weighted by molar-refractivity contribution is 7.15. The summed E-state index contributed by atoms with van der Waals surface area (Å²) in [6, 6.07) is 18.8. The van der Waals surface area contributed by atoms with Crippen LogP contribution in [0.25, 0.3) is 16.2 Å². The lowest BCUT2D eigenvalue weighted by atomic mass is 10.2. The molecular formula is C20H15N3O2S. The molecule has 26 heavy (non-hydrogen) atoms.